The van der Waals surface area contributed by atoms with Crippen LogP contribution in [0, 0.1) is 0 Å². The average Bonchev–Trinajstić information content (AvgIpc) is 2.70. The molecule has 10 heteroatoms. The fourth-order valence-corrected chi connectivity index (χ4v) is 3.67. The fraction of sp³-hybridized carbons (Fsp3) is 0.158. The molecule has 0 aromatic heterocycles. The molecular formula is C19H19NO8S. The average molecular weight is 421 g/mol. The summed E-state index contributed by atoms with van der Waals surface area (Å²) in [6.07, 6.45) is 2.49. The van der Waals surface area contributed by atoms with Crippen LogP contribution in [0.1, 0.15) is 15.9 Å². The molecule has 2 rings (SSSR count). The molecule has 0 heterocycles. The second-order valence-corrected chi connectivity index (χ2v) is 7.25. The highest BCUT2D eigenvalue weighted by Crippen LogP contribution is 2.37. The Hall–Kier alpha value is -3.53. The minimum absolute atomic E-state index is 0.0513. The number of benzene rings is 2. The Morgan fingerprint density at radius 3 is 2.38 bits per heavy atom. The Morgan fingerprint density at radius 2 is 1.79 bits per heavy atom. The Morgan fingerprint density at radius 1 is 1.07 bits per heavy atom. The molecule has 0 aliphatic rings. The molecule has 2 aromatic rings. The van der Waals surface area contributed by atoms with Crippen molar-refractivity contribution in [1.82, 2.24) is 0 Å². The zero-order chi connectivity index (χ0) is 21.6. The van der Waals surface area contributed by atoms with Gasteiger partial charge in [-0.2, -0.15) is 0 Å². The zero-order valence-corrected chi connectivity index (χ0v) is 16.6. The molecular weight excluding hydrogens is 402 g/mol. The first-order valence-corrected chi connectivity index (χ1v) is 9.58. The van der Waals surface area contributed by atoms with E-state index in [1.54, 1.807) is 0 Å². The van der Waals surface area contributed by atoms with Gasteiger partial charge in [-0.15, -0.1) is 0 Å². The summed E-state index contributed by atoms with van der Waals surface area (Å²) in [5.41, 5.74) is 0.318. The van der Waals surface area contributed by atoms with E-state index in [2.05, 4.69) is 9.46 Å². The molecule has 9 nitrogen and oxygen atoms in total. The lowest BCUT2D eigenvalue weighted by atomic mass is 10.2. The molecule has 0 bridgehead atoms. The summed E-state index contributed by atoms with van der Waals surface area (Å²) in [5, 5.41) is 9.08. The molecule has 0 aliphatic heterocycles. The highest BCUT2D eigenvalue weighted by atomic mass is 32.2. The van der Waals surface area contributed by atoms with Gasteiger partial charge in [0, 0.05) is 11.8 Å². The molecule has 0 fully saturated rings. The lowest BCUT2D eigenvalue weighted by molar-refractivity contribution is -0.134. The van der Waals surface area contributed by atoms with Crippen LogP contribution in [0.3, 0.4) is 0 Å². The van der Waals surface area contributed by atoms with Gasteiger partial charge in [0.2, 0.25) is 0 Å². The SMILES string of the molecule is COC(=O)/C=C\c1cc(OC)c(OC)c(S(=O)(=O)Nc2cccc(C(=O)O)c2)c1. The molecule has 2 N–H and O–H groups in total. The van der Waals surface area contributed by atoms with Crippen molar-refractivity contribution in [2.24, 2.45) is 0 Å². The molecule has 0 saturated heterocycles. The van der Waals surface area contributed by atoms with Gasteiger partial charge in [-0.25, -0.2) is 18.0 Å². The van der Waals surface area contributed by atoms with Crippen LogP contribution in [0.15, 0.2) is 47.4 Å². The Kier molecular flexibility index (Phi) is 6.84. The van der Waals surface area contributed by atoms with E-state index in [0.717, 1.165) is 6.08 Å². The number of carboxylic acids is 1. The topological polar surface area (TPSA) is 128 Å². The highest BCUT2D eigenvalue weighted by molar-refractivity contribution is 7.92. The molecule has 0 unspecified atom stereocenters. The van der Waals surface area contributed by atoms with Gasteiger partial charge in [0.1, 0.15) is 4.90 Å². The number of ether oxygens (including phenoxy) is 3. The number of rotatable bonds is 8. The highest BCUT2D eigenvalue weighted by Gasteiger charge is 2.24. The molecule has 0 amide bonds. The summed E-state index contributed by atoms with van der Waals surface area (Å²) in [6, 6.07) is 8.11. The van der Waals surface area contributed by atoms with Crippen molar-refractivity contribution in [2.45, 2.75) is 4.90 Å². The summed E-state index contributed by atoms with van der Waals surface area (Å²) in [5.74, 6) is -1.74. The third kappa shape index (κ3) is 5.26. The lowest BCUT2D eigenvalue weighted by Crippen LogP contribution is -2.15. The zero-order valence-electron chi connectivity index (χ0n) is 15.8. The maximum atomic E-state index is 13.0. The summed E-state index contributed by atoms with van der Waals surface area (Å²) >= 11 is 0. The summed E-state index contributed by atoms with van der Waals surface area (Å²) in [6.45, 7) is 0. The quantitative estimate of drug-likeness (QED) is 0.491. The molecule has 0 atom stereocenters. The van der Waals surface area contributed by atoms with Gasteiger partial charge in [0.15, 0.2) is 11.5 Å². The fourth-order valence-electron chi connectivity index (χ4n) is 2.40. The lowest BCUT2D eigenvalue weighted by Gasteiger charge is -2.15. The molecule has 0 saturated carbocycles. The Balaban J connectivity index is 2.54. The van der Waals surface area contributed by atoms with Crippen LogP contribution in [0.5, 0.6) is 11.5 Å². The van der Waals surface area contributed by atoms with E-state index in [1.165, 1.54) is 63.8 Å². The van der Waals surface area contributed by atoms with E-state index in [9.17, 15) is 18.0 Å². The van der Waals surface area contributed by atoms with Gasteiger partial charge < -0.3 is 19.3 Å². The van der Waals surface area contributed by atoms with Crippen LogP contribution in [-0.2, 0) is 19.6 Å². The summed E-state index contributed by atoms with van der Waals surface area (Å²) in [4.78, 5) is 22.2. The van der Waals surface area contributed by atoms with Gasteiger partial charge in [0.25, 0.3) is 10.0 Å². The number of nitrogens with one attached hydrogen (secondary N) is 1. The summed E-state index contributed by atoms with van der Waals surface area (Å²) < 4.78 is 43.2. The number of carbonyl (C=O) groups is 2. The minimum Gasteiger partial charge on any atom is -0.493 e. The van der Waals surface area contributed by atoms with Crippen LogP contribution in [0.25, 0.3) is 6.08 Å². The smallest absolute Gasteiger partial charge is 0.335 e. The van der Waals surface area contributed by atoms with E-state index in [4.69, 9.17) is 14.6 Å². The molecule has 0 radical (unpaired) electrons. The number of carboxylic acid groups (broad SMARTS) is 1. The molecule has 29 heavy (non-hydrogen) atoms. The minimum atomic E-state index is -4.20. The Bertz CT molecular complexity index is 1060. The molecule has 154 valence electrons. The van der Waals surface area contributed by atoms with Crippen molar-refractivity contribution in [3.63, 3.8) is 0 Å². The van der Waals surface area contributed by atoms with Crippen LogP contribution in [-0.4, -0.2) is 46.8 Å². The number of hydrogen-bond donors (Lipinski definition) is 2. The standard InChI is InChI=1S/C19H19NO8S/c1-26-15-9-12(7-8-17(21)27-2)10-16(18(15)28-3)29(24,25)20-14-6-4-5-13(11-14)19(22)23/h4-11,20H,1-3H3,(H,22,23)/b8-7-. The Labute approximate surface area is 167 Å². The maximum absolute atomic E-state index is 13.0. The second-order valence-electron chi connectivity index (χ2n) is 5.60. The number of sulfonamides is 1. The van der Waals surface area contributed by atoms with E-state index >= 15 is 0 Å². The predicted molar refractivity (Wildman–Crippen MR) is 105 cm³/mol. The van der Waals surface area contributed by atoms with Gasteiger partial charge in [0.05, 0.1) is 26.9 Å². The third-order valence-corrected chi connectivity index (χ3v) is 5.12. The van der Waals surface area contributed by atoms with E-state index in [-0.39, 0.29) is 27.6 Å². The predicted octanol–water partition coefficient (Wildman–Crippen LogP) is 2.39. The van der Waals surface area contributed by atoms with Crippen molar-refractivity contribution in [2.75, 3.05) is 26.1 Å². The number of methoxy groups -OCH3 is 3. The maximum Gasteiger partial charge on any atom is 0.335 e. The van der Waals surface area contributed by atoms with Crippen molar-refractivity contribution >= 4 is 33.7 Å². The van der Waals surface area contributed by atoms with E-state index in [0.29, 0.717) is 5.56 Å². The van der Waals surface area contributed by atoms with Gasteiger partial charge in [-0.3, -0.25) is 4.72 Å². The number of hydrogen-bond acceptors (Lipinski definition) is 7. The van der Waals surface area contributed by atoms with Gasteiger partial charge in [-0.1, -0.05) is 6.07 Å². The van der Waals surface area contributed by atoms with Crippen LogP contribution < -0.4 is 14.2 Å². The number of anilines is 1. The van der Waals surface area contributed by atoms with Gasteiger partial charge >= 0.3 is 11.9 Å². The first-order valence-electron chi connectivity index (χ1n) is 8.10. The first kappa shape index (κ1) is 21.8. The van der Waals surface area contributed by atoms with Crippen molar-refractivity contribution in [1.29, 1.82) is 0 Å². The molecule has 2 aromatic carbocycles. The largest absolute Gasteiger partial charge is 0.493 e. The molecule has 0 aliphatic carbocycles. The summed E-state index contributed by atoms with van der Waals surface area (Å²) in [7, 11) is -0.358. The first-order chi connectivity index (χ1) is 13.7. The molecule has 0 spiro atoms. The second kappa shape index (κ2) is 9.11. The van der Waals surface area contributed by atoms with E-state index < -0.39 is 22.0 Å². The van der Waals surface area contributed by atoms with Crippen LogP contribution in [0.4, 0.5) is 5.69 Å². The normalized spacial score (nSPS) is 11.1. The van der Waals surface area contributed by atoms with Crippen molar-refractivity contribution < 1.29 is 37.3 Å². The third-order valence-electron chi connectivity index (χ3n) is 3.73. The van der Waals surface area contributed by atoms with E-state index in [1.807, 2.05) is 0 Å². The monoisotopic (exact) mass is 421 g/mol. The number of carbonyl (C=O) groups excluding carboxylic acids is 1. The van der Waals surface area contributed by atoms with Crippen molar-refractivity contribution in [3.8, 4) is 11.5 Å². The number of aromatic carboxylic acids is 1. The van der Waals surface area contributed by atoms with Crippen LogP contribution >= 0.6 is 0 Å². The number of esters is 1. The van der Waals surface area contributed by atoms with Gasteiger partial charge in [-0.05, 0) is 42.0 Å². The van der Waals surface area contributed by atoms with Crippen molar-refractivity contribution in [3.05, 3.63) is 53.6 Å². The van der Waals surface area contributed by atoms with Crippen LogP contribution in [0.2, 0.25) is 0 Å².